The maximum atomic E-state index is 13.8. The first-order chi connectivity index (χ1) is 25.1. The number of nitrogens with one attached hydrogen (secondary N) is 3. The standard InChI is InChI=1S/C37H44N10O5/c1-5-31-40-27-13-9-10-14-30(27)46(31)17-15-33(49)45-18-16-38-32(48)22-47-35(42-34(43-47)25-11-7-6-8-12-25)24(4)39-36(50)28(19-23(2)3)41-37(51)29-20-26(21-45)52-44-29/h6-14,20,23-24,28H,5,15-19,21-22H2,1-4H3,(H,38,48)(H,39,50)(H,41,51)/t24-,28+/m0/s1. The molecule has 272 valence electrons. The fourth-order valence-corrected chi connectivity index (χ4v) is 6.32. The molecule has 0 saturated carbocycles. The van der Waals surface area contributed by atoms with Crippen molar-refractivity contribution in [3.05, 3.63) is 83.8 Å². The highest BCUT2D eigenvalue weighted by molar-refractivity contribution is 5.96. The second-order valence-corrected chi connectivity index (χ2v) is 13.3. The third-order valence-electron chi connectivity index (χ3n) is 8.89. The van der Waals surface area contributed by atoms with E-state index in [2.05, 4.69) is 30.8 Å². The van der Waals surface area contributed by atoms with Crippen LogP contribution in [0.2, 0.25) is 0 Å². The van der Waals surface area contributed by atoms with E-state index in [4.69, 9.17) is 14.5 Å². The summed E-state index contributed by atoms with van der Waals surface area (Å²) < 4.78 is 9.03. The Bertz CT molecular complexity index is 2050. The first-order valence-corrected chi connectivity index (χ1v) is 17.6. The summed E-state index contributed by atoms with van der Waals surface area (Å²) >= 11 is 0. The summed E-state index contributed by atoms with van der Waals surface area (Å²) in [5.74, 6) is 0.480. The van der Waals surface area contributed by atoms with E-state index in [0.717, 1.165) is 22.4 Å². The van der Waals surface area contributed by atoms with Gasteiger partial charge in [0.25, 0.3) is 5.91 Å². The van der Waals surface area contributed by atoms with Gasteiger partial charge in [-0.2, -0.15) is 5.10 Å². The first-order valence-electron chi connectivity index (χ1n) is 17.6. The molecule has 4 heterocycles. The Hall–Kier alpha value is -5.86. The van der Waals surface area contributed by atoms with Crippen LogP contribution in [0.15, 0.2) is 65.2 Å². The predicted molar refractivity (Wildman–Crippen MR) is 191 cm³/mol. The monoisotopic (exact) mass is 708 g/mol. The van der Waals surface area contributed by atoms with E-state index in [0.29, 0.717) is 31.0 Å². The Morgan fingerprint density at radius 3 is 2.54 bits per heavy atom. The molecule has 2 atom stereocenters. The minimum atomic E-state index is -0.896. The van der Waals surface area contributed by atoms with Crippen LogP contribution in [0.4, 0.5) is 0 Å². The molecule has 0 spiro atoms. The largest absolute Gasteiger partial charge is 0.359 e. The van der Waals surface area contributed by atoms with Crippen LogP contribution in [0.1, 0.15) is 74.5 Å². The van der Waals surface area contributed by atoms with E-state index in [-0.39, 0.29) is 61.8 Å². The molecule has 5 aromatic rings. The first kappa shape index (κ1) is 35.9. The van der Waals surface area contributed by atoms with E-state index in [1.807, 2.05) is 75.4 Å². The lowest BCUT2D eigenvalue weighted by Gasteiger charge is -2.23. The minimum Gasteiger partial charge on any atom is -0.359 e. The summed E-state index contributed by atoms with van der Waals surface area (Å²) in [4.78, 5) is 65.2. The highest BCUT2D eigenvalue weighted by atomic mass is 16.5. The number of carbonyl (C=O) groups is 4. The molecule has 0 unspecified atom stereocenters. The fourth-order valence-electron chi connectivity index (χ4n) is 6.32. The number of benzene rings is 2. The van der Waals surface area contributed by atoms with Crippen molar-refractivity contribution in [2.45, 2.75) is 78.7 Å². The number of aryl methyl sites for hydroxylation is 2. The van der Waals surface area contributed by atoms with Gasteiger partial charge in [-0.3, -0.25) is 19.2 Å². The topological polar surface area (TPSA) is 182 Å². The number of nitrogens with zero attached hydrogens (tertiary/aromatic N) is 7. The van der Waals surface area contributed by atoms with Crippen molar-refractivity contribution >= 4 is 34.7 Å². The highest BCUT2D eigenvalue weighted by Crippen LogP contribution is 2.21. The molecule has 6 rings (SSSR count). The SMILES string of the molecule is CCc1nc2ccccc2n1CCC(=O)N1CCNC(=O)Cn2nc(-c3ccccc3)nc2[C@H](C)NC(=O)[C@@H](CC(C)C)NC(=O)c2cc(on2)C1. The van der Waals surface area contributed by atoms with Gasteiger partial charge in [-0.1, -0.05) is 68.4 Å². The number of rotatable bonds is 7. The number of amides is 4. The molecule has 52 heavy (non-hydrogen) atoms. The molecule has 0 aliphatic carbocycles. The van der Waals surface area contributed by atoms with Gasteiger partial charge in [0.15, 0.2) is 17.3 Å². The van der Waals surface area contributed by atoms with E-state index in [9.17, 15) is 19.2 Å². The van der Waals surface area contributed by atoms with Crippen LogP contribution in [0.5, 0.6) is 0 Å². The fraction of sp³-hybridized carbons (Fsp3) is 0.405. The number of aromatic nitrogens is 6. The van der Waals surface area contributed by atoms with Gasteiger partial charge in [0.1, 0.15) is 24.2 Å². The van der Waals surface area contributed by atoms with E-state index in [1.165, 1.54) is 10.7 Å². The molecular formula is C37H44N10O5. The van der Waals surface area contributed by atoms with E-state index < -0.39 is 23.9 Å². The van der Waals surface area contributed by atoms with Crippen molar-refractivity contribution in [2.75, 3.05) is 13.1 Å². The van der Waals surface area contributed by atoms with Crippen LogP contribution in [-0.4, -0.2) is 77.1 Å². The third kappa shape index (κ3) is 8.36. The zero-order valence-corrected chi connectivity index (χ0v) is 29.8. The Morgan fingerprint density at radius 1 is 1.00 bits per heavy atom. The molecule has 3 N–H and O–H groups in total. The van der Waals surface area contributed by atoms with Gasteiger partial charge in [0.05, 0.1) is 23.6 Å². The Balaban J connectivity index is 1.27. The molecule has 1 aliphatic rings. The van der Waals surface area contributed by atoms with Crippen molar-refractivity contribution in [1.29, 1.82) is 0 Å². The number of para-hydroxylation sites is 2. The van der Waals surface area contributed by atoms with Crippen molar-refractivity contribution in [1.82, 2.24) is 50.3 Å². The normalized spacial score (nSPS) is 17.6. The summed E-state index contributed by atoms with van der Waals surface area (Å²) in [5.41, 5.74) is 2.55. The summed E-state index contributed by atoms with van der Waals surface area (Å²) in [6, 6.07) is 17.1. The molecule has 2 bridgehead atoms. The number of carbonyl (C=O) groups excluding carboxylic acids is 4. The number of hydrogen-bond donors (Lipinski definition) is 3. The lowest BCUT2D eigenvalue weighted by molar-refractivity contribution is -0.133. The number of hydrogen-bond acceptors (Lipinski definition) is 9. The lowest BCUT2D eigenvalue weighted by atomic mass is 10.0. The zero-order valence-electron chi connectivity index (χ0n) is 29.8. The molecule has 0 radical (unpaired) electrons. The summed E-state index contributed by atoms with van der Waals surface area (Å²) in [7, 11) is 0. The van der Waals surface area contributed by atoms with Crippen LogP contribution >= 0.6 is 0 Å². The zero-order chi connectivity index (χ0) is 36.8. The maximum absolute atomic E-state index is 13.8. The van der Waals surface area contributed by atoms with Gasteiger partial charge in [-0.25, -0.2) is 14.6 Å². The van der Waals surface area contributed by atoms with Crippen molar-refractivity contribution in [2.24, 2.45) is 5.92 Å². The minimum absolute atomic E-state index is 0.0153. The van der Waals surface area contributed by atoms with Gasteiger partial charge in [0.2, 0.25) is 17.7 Å². The van der Waals surface area contributed by atoms with Gasteiger partial charge in [-0.15, -0.1) is 0 Å². The molecular weight excluding hydrogens is 664 g/mol. The highest BCUT2D eigenvalue weighted by Gasteiger charge is 2.28. The Morgan fingerprint density at radius 2 is 1.77 bits per heavy atom. The van der Waals surface area contributed by atoms with Gasteiger partial charge < -0.3 is 29.9 Å². The Kier molecular flexibility index (Phi) is 11.1. The van der Waals surface area contributed by atoms with E-state index >= 15 is 0 Å². The van der Waals surface area contributed by atoms with Crippen molar-refractivity contribution < 1.29 is 23.7 Å². The maximum Gasteiger partial charge on any atom is 0.274 e. The Labute approximate surface area is 301 Å². The molecule has 3 aromatic heterocycles. The lowest BCUT2D eigenvalue weighted by Crippen LogP contribution is -2.48. The van der Waals surface area contributed by atoms with Crippen LogP contribution in [0.25, 0.3) is 22.4 Å². The second-order valence-electron chi connectivity index (χ2n) is 13.3. The average Bonchev–Trinajstić information content (AvgIpc) is 3.87. The predicted octanol–water partition coefficient (Wildman–Crippen LogP) is 3.42. The van der Waals surface area contributed by atoms with E-state index in [1.54, 1.807) is 11.8 Å². The summed E-state index contributed by atoms with van der Waals surface area (Å²) in [6.45, 7) is 8.24. The molecule has 2 aromatic carbocycles. The summed E-state index contributed by atoms with van der Waals surface area (Å²) in [6.07, 6.45) is 1.23. The third-order valence-corrected chi connectivity index (χ3v) is 8.89. The molecule has 15 nitrogen and oxygen atoms in total. The average molecular weight is 709 g/mol. The van der Waals surface area contributed by atoms with Gasteiger partial charge >= 0.3 is 0 Å². The quantitative estimate of drug-likeness (QED) is 0.228. The van der Waals surface area contributed by atoms with Crippen LogP contribution in [-0.2, 0) is 40.4 Å². The van der Waals surface area contributed by atoms with Crippen LogP contribution in [0, 0.1) is 5.92 Å². The number of imidazole rings is 1. The second kappa shape index (κ2) is 16.0. The molecule has 0 saturated heterocycles. The van der Waals surface area contributed by atoms with Crippen molar-refractivity contribution in [3.63, 3.8) is 0 Å². The smallest absolute Gasteiger partial charge is 0.274 e. The molecule has 0 fully saturated rings. The molecule has 4 amide bonds. The van der Waals surface area contributed by atoms with Crippen molar-refractivity contribution in [3.8, 4) is 11.4 Å². The number of fused-ring (bicyclic) bond motifs is 4. The van der Waals surface area contributed by atoms with Gasteiger partial charge in [0, 0.05) is 44.1 Å². The summed E-state index contributed by atoms with van der Waals surface area (Å²) in [5, 5.41) is 17.2. The molecule has 1 aliphatic heterocycles. The molecule has 15 heteroatoms. The van der Waals surface area contributed by atoms with Crippen LogP contribution < -0.4 is 16.0 Å². The van der Waals surface area contributed by atoms with Gasteiger partial charge in [-0.05, 0) is 31.4 Å². The van der Waals surface area contributed by atoms with Crippen LogP contribution in [0.3, 0.4) is 0 Å².